The van der Waals surface area contributed by atoms with Gasteiger partial charge in [0.15, 0.2) is 0 Å². The number of halogens is 2. The highest BCUT2D eigenvalue weighted by molar-refractivity contribution is 5.94. The van der Waals surface area contributed by atoms with Crippen LogP contribution in [-0.2, 0) is 0 Å². The first-order valence-corrected chi connectivity index (χ1v) is 6.79. The molecule has 0 saturated carbocycles. The molecule has 0 radical (unpaired) electrons. The minimum atomic E-state index is -0.384. The molecule has 4 heteroatoms. The number of nitrogens with one attached hydrogen (secondary N) is 1. The molecule has 0 aliphatic carbocycles. The van der Waals surface area contributed by atoms with Crippen molar-refractivity contribution >= 4 is 5.91 Å². The lowest BCUT2D eigenvalue weighted by Gasteiger charge is -2.23. The normalized spacial score (nSPS) is 12.2. The Labute approximate surface area is 122 Å². The lowest BCUT2D eigenvalue weighted by atomic mass is 9.95. The summed E-state index contributed by atoms with van der Waals surface area (Å²) < 4.78 is 25.9. The molecule has 0 saturated heterocycles. The van der Waals surface area contributed by atoms with Crippen molar-refractivity contribution in [3.8, 4) is 0 Å². The maximum Gasteiger partial charge on any atom is 0.251 e. The van der Waals surface area contributed by atoms with Crippen molar-refractivity contribution in [3.05, 3.63) is 71.3 Å². The molecule has 1 amide bonds. The van der Waals surface area contributed by atoms with Gasteiger partial charge in [-0.15, -0.1) is 0 Å². The summed E-state index contributed by atoms with van der Waals surface area (Å²) in [6, 6.07) is 11.2. The van der Waals surface area contributed by atoms with Crippen LogP contribution in [0, 0.1) is 17.6 Å². The Balaban J connectivity index is 2.18. The molecular formula is C17H17F2NO. The number of rotatable bonds is 4. The third-order valence-electron chi connectivity index (χ3n) is 3.29. The molecule has 0 fully saturated rings. The van der Waals surface area contributed by atoms with Gasteiger partial charge in [0, 0.05) is 5.56 Å². The van der Waals surface area contributed by atoms with Crippen molar-refractivity contribution < 1.29 is 13.6 Å². The number of benzene rings is 2. The quantitative estimate of drug-likeness (QED) is 0.902. The van der Waals surface area contributed by atoms with Gasteiger partial charge in [-0.25, -0.2) is 8.78 Å². The van der Waals surface area contributed by atoms with E-state index in [4.69, 9.17) is 0 Å². The van der Waals surface area contributed by atoms with Crippen LogP contribution in [0.5, 0.6) is 0 Å². The SMILES string of the molecule is CC(C)[C@H](NC(=O)c1ccc(F)cc1)c1ccc(F)cc1. The van der Waals surface area contributed by atoms with Gasteiger partial charge in [0.25, 0.3) is 5.91 Å². The summed E-state index contributed by atoms with van der Waals surface area (Å²) in [5, 5.41) is 2.90. The summed E-state index contributed by atoms with van der Waals surface area (Å²) in [6.07, 6.45) is 0. The summed E-state index contributed by atoms with van der Waals surface area (Å²) in [5.41, 5.74) is 1.23. The fraction of sp³-hybridized carbons (Fsp3) is 0.235. The van der Waals surface area contributed by atoms with Crippen LogP contribution in [0.25, 0.3) is 0 Å². The molecule has 0 aliphatic rings. The van der Waals surface area contributed by atoms with Gasteiger partial charge in [-0.3, -0.25) is 4.79 Å². The van der Waals surface area contributed by atoms with Gasteiger partial charge >= 0.3 is 0 Å². The maximum atomic E-state index is 13.0. The van der Waals surface area contributed by atoms with Crippen LogP contribution in [0.2, 0.25) is 0 Å². The molecule has 2 aromatic rings. The van der Waals surface area contributed by atoms with E-state index in [-0.39, 0.29) is 29.5 Å². The van der Waals surface area contributed by atoms with Crippen LogP contribution in [0.3, 0.4) is 0 Å². The van der Waals surface area contributed by atoms with Crippen molar-refractivity contribution in [1.82, 2.24) is 5.32 Å². The lowest BCUT2D eigenvalue weighted by Crippen LogP contribution is -2.31. The van der Waals surface area contributed by atoms with E-state index in [1.165, 1.54) is 36.4 Å². The summed E-state index contributed by atoms with van der Waals surface area (Å²) >= 11 is 0. The largest absolute Gasteiger partial charge is 0.345 e. The zero-order valence-corrected chi connectivity index (χ0v) is 11.9. The van der Waals surface area contributed by atoms with Crippen LogP contribution in [-0.4, -0.2) is 5.91 Å². The molecular weight excluding hydrogens is 272 g/mol. The van der Waals surface area contributed by atoms with Crippen molar-refractivity contribution in [2.45, 2.75) is 19.9 Å². The number of hydrogen-bond acceptors (Lipinski definition) is 1. The van der Waals surface area contributed by atoms with E-state index in [2.05, 4.69) is 5.32 Å². The van der Waals surface area contributed by atoms with E-state index in [0.29, 0.717) is 5.56 Å². The summed E-state index contributed by atoms with van der Waals surface area (Å²) in [7, 11) is 0. The number of carbonyl (C=O) groups excluding carboxylic acids is 1. The molecule has 0 heterocycles. The predicted octanol–water partition coefficient (Wildman–Crippen LogP) is 4.09. The van der Waals surface area contributed by atoms with Crippen LogP contribution >= 0.6 is 0 Å². The van der Waals surface area contributed by atoms with E-state index in [1.54, 1.807) is 12.1 Å². The highest BCUT2D eigenvalue weighted by Crippen LogP contribution is 2.22. The molecule has 2 aromatic carbocycles. The Bertz CT molecular complexity index is 606. The first kappa shape index (κ1) is 15.2. The molecule has 0 unspecified atom stereocenters. The van der Waals surface area contributed by atoms with E-state index < -0.39 is 0 Å². The molecule has 2 rings (SSSR count). The monoisotopic (exact) mass is 289 g/mol. The number of carbonyl (C=O) groups is 1. The molecule has 0 bridgehead atoms. The molecule has 1 N–H and O–H groups in total. The Kier molecular flexibility index (Phi) is 4.68. The molecule has 1 atom stereocenters. The third-order valence-corrected chi connectivity index (χ3v) is 3.29. The van der Waals surface area contributed by atoms with E-state index >= 15 is 0 Å². The van der Waals surface area contributed by atoms with Crippen molar-refractivity contribution in [3.63, 3.8) is 0 Å². The number of amides is 1. The lowest BCUT2D eigenvalue weighted by molar-refractivity contribution is 0.0925. The first-order chi connectivity index (χ1) is 9.97. The third kappa shape index (κ3) is 3.88. The Morgan fingerprint density at radius 1 is 0.905 bits per heavy atom. The zero-order chi connectivity index (χ0) is 15.4. The van der Waals surface area contributed by atoms with E-state index in [0.717, 1.165) is 5.56 Å². The van der Waals surface area contributed by atoms with Gasteiger partial charge < -0.3 is 5.32 Å². The van der Waals surface area contributed by atoms with Gasteiger partial charge in [0.05, 0.1) is 6.04 Å². The average Bonchev–Trinajstić information content (AvgIpc) is 2.46. The highest BCUT2D eigenvalue weighted by Gasteiger charge is 2.19. The van der Waals surface area contributed by atoms with Gasteiger partial charge in [-0.2, -0.15) is 0 Å². The maximum absolute atomic E-state index is 13.0. The second-order valence-electron chi connectivity index (χ2n) is 5.25. The molecule has 0 spiro atoms. The molecule has 0 aliphatic heterocycles. The average molecular weight is 289 g/mol. The van der Waals surface area contributed by atoms with Crippen LogP contribution in [0.4, 0.5) is 8.78 Å². The van der Waals surface area contributed by atoms with Crippen molar-refractivity contribution in [1.29, 1.82) is 0 Å². The Hall–Kier alpha value is -2.23. The minimum absolute atomic E-state index is 0.139. The van der Waals surface area contributed by atoms with Gasteiger partial charge in [0.1, 0.15) is 11.6 Å². The highest BCUT2D eigenvalue weighted by atomic mass is 19.1. The van der Waals surface area contributed by atoms with Crippen molar-refractivity contribution in [2.24, 2.45) is 5.92 Å². The molecule has 2 nitrogen and oxygen atoms in total. The van der Waals surface area contributed by atoms with Gasteiger partial charge in [0.2, 0.25) is 0 Å². The van der Waals surface area contributed by atoms with E-state index in [9.17, 15) is 13.6 Å². The van der Waals surface area contributed by atoms with Crippen molar-refractivity contribution in [2.75, 3.05) is 0 Å². The Morgan fingerprint density at radius 3 is 1.86 bits per heavy atom. The van der Waals surface area contributed by atoms with E-state index in [1.807, 2.05) is 13.8 Å². The number of hydrogen-bond donors (Lipinski definition) is 1. The van der Waals surface area contributed by atoms with Gasteiger partial charge in [-0.1, -0.05) is 26.0 Å². The first-order valence-electron chi connectivity index (χ1n) is 6.79. The topological polar surface area (TPSA) is 29.1 Å². The predicted molar refractivity (Wildman–Crippen MR) is 77.8 cm³/mol. The fourth-order valence-electron chi connectivity index (χ4n) is 2.13. The molecule has 110 valence electrons. The van der Waals surface area contributed by atoms with Crippen LogP contribution in [0.15, 0.2) is 48.5 Å². The summed E-state index contributed by atoms with van der Waals surface area (Å²) in [6.45, 7) is 3.94. The minimum Gasteiger partial charge on any atom is -0.345 e. The zero-order valence-electron chi connectivity index (χ0n) is 11.9. The van der Waals surface area contributed by atoms with Gasteiger partial charge in [-0.05, 0) is 47.9 Å². The standard InChI is InChI=1S/C17H17F2NO/c1-11(2)16(12-3-7-14(18)8-4-12)20-17(21)13-5-9-15(19)10-6-13/h3-11,16H,1-2H3,(H,20,21)/t16-/m0/s1. The Morgan fingerprint density at radius 2 is 1.38 bits per heavy atom. The summed E-state index contributed by atoms with van der Waals surface area (Å²) in [5.74, 6) is -0.838. The second-order valence-corrected chi connectivity index (χ2v) is 5.25. The van der Waals surface area contributed by atoms with Crippen LogP contribution in [0.1, 0.15) is 35.8 Å². The smallest absolute Gasteiger partial charge is 0.251 e. The summed E-state index contributed by atoms with van der Waals surface area (Å²) in [4.78, 5) is 12.2. The van der Waals surface area contributed by atoms with Crippen LogP contribution < -0.4 is 5.32 Å². The fourth-order valence-corrected chi connectivity index (χ4v) is 2.13. The molecule has 0 aromatic heterocycles. The molecule has 21 heavy (non-hydrogen) atoms. The second kappa shape index (κ2) is 6.48.